The number of carbonyl (C=O) groups excluding carboxylic acids is 1. The van der Waals surface area contributed by atoms with Gasteiger partial charge in [-0.05, 0) is 38.0 Å². The molecular formula is C19H22ClFN4O2. The van der Waals surface area contributed by atoms with Gasteiger partial charge in [0.1, 0.15) is 5.82 Å². The summed E-state index contributed by atoms with van der Waals surface area (Å²) in [5.74, 6) is -0.134. The van der Waals surface area contributed by atoms with E-state index in [1.165, 1.54) is 25.0 Å². The number of nitrogens with one attached hydrogen (secondary N) is 1. The Balaban J connectivity index is 1.62. The normalized spacial score (nSPS) is 14.6. The minimum absolute atomic E-state index is 0.0529. The molecule has 1 fully saturated rings. The summed E-state index contributed by atoms with van der Waals surface area (Å²) in [5.41, 5.74) is 0.820. The molecule has 2 heterocycles. The van der Waals surface area contributed by atoms with Crippen LogP contribution >= 0.6 is 11.6 Å². The number of amides is 1. The smallest absolute Gasteiger partial charge is 0.262 e. The topological polar surface area (TPSA) is 67.3 Å². The van der Waals surface area contributed by atoms with Crippen molar-refractivity contribution < 1.29 is 13.9 Å². The summed E-state index contributed by atoms with van der Waals surface area (Å²) in [6, 6.07) is 5.72. The van der Waals surface area contributed by atoms with Crippen LogP contribution in [-0.2, 0) is 4.79 Å². The Morgan fingerprint density at radius 3 is 2.67 bits per heavy atom. The summed E-state index contributed by atoms with van der Waals surface area (Å²) in [4.78, 5) is 23.1. The third-order valence-corrected chi connectivity index (χ3v) is 4.50. The molecule has 27 heavy (non-hydrogen) atoms. The second kappa shape index (κ2) is 8.99. The molecule has 0 radical (unpaired) electrons. The molecule has 0 spiro atoms. The summed E-state index contributed by atoms with van der Waals surface area (Å²) in [7, 11) is 0. The predicted molar refractivity (Wildman–Crippen MR) is 103 cm³/mol. The lowest BCUT2D eigenvalue weighted by molar-refractivity contribution is -0.118. The second-order valence-corrected chi connectivity index (χ2v) is 6.95. The van der Waals surface area contributed by atoms with Crippen LogP contribution in [0.2, 0.25) is 5.02 Å². The van der Waals surface area contributed by atoms with Gasteiger partial charge >= 0.3 is 0 Å². The van der Waals surface area contributed by atoms with Crippen LogP contribution in [-0.4, -0.2) is 35.6 Å². The lowest BCUT2D eigenvalue weighted by Gasteiger charge is -2.21. The van der Waals surface area contributed by atoms with Crippen molar-refractivity contribution in [3.63, 3.8) is 0 Å². The Kier molecular flexibility index (Phi) is 6.45. The number of aryl methyl sites for hydroxylation is 1. The van der Waals surface area contributed by atoms with Gasteiger partial charge in [-0.2, -0.15) is 4.98 Å². The van der Waals surface area contributed by atoms with Crippen LogP contribution in [0, 0.1) is 12.7 Å². The van der Waals surface area contributed by atoms with E-state index in [0.717, 1.165) is 37.7 Å². The molecule has 0 unspecified atom stereocenters. The first-order valence-corrected chi connectivity index (χ1v) is 9.37. The molecule has 1 aliphatic heterocycles. The van der Waals surface area contributed by atoms with Gasteiger partial charge in [0.25, 0.3) is 5.91 Å². The van der Waals surface area contributed by atoms with Crippen LogP contribution in [0.15, 0.2) is 24.3 Å². The van der Waals surface area contributed by atoms with E-state index in [0.29, 0.717) is 11.8 Å². The highest BCUT2D eigenvalue weighted by atomic mass is 35.5. The fourth-order valence-electron chi connectivity index (χ4n) is 2.93. The second-order valence-electron chi connectivity index (χ2n) is 6.51. The third-order valence-electron chi connectivity index (χ3n) is 4.26. The number of ether oxygens (including phenoxy) is 1. The number of hydrogen-bond acceptors (Lipinski definition) is 5. The Morgan fingerprint density at radius 2 is 1.96 bits per heavy atom. The molecule has 1 amide bonds. The zero-order chi connectivity index (χ0) is 19.2. The molecule has 6 nitrogen and oxygen atoms in total. The number of anilines is 2. The predicted octanol–water partition coefficient (Wildman–Crippen LogP) is 3.98. The third kappa shape index (κ3) is 5.53. The summed E-state index contributed by atoms with van der Waals surface area (Å²) >= 11 is 5.70. The van der Waals surface area contributed by atoms with E-state index in [4.69, 9.17) is 16.3 Å². The van der Waals surface area contributed by atoms with E-state index in [1.807, 2.05) is 6.92 Å². The van der Waals surface area contributed by atoms with Crippen LogP contribution in [0.3, 0.4) is 0 Å². The fraction of sp³-hybridized carbons (Fsp3) is 0.421. The molecule has 1 saturated heterocycles. The summed E-state index contributed by atoms with van der Waals surface area (Å²) in [6.07, 6.45) is 4.66. The van der Waals surface area contributed by atoms with E-state index < -0.39 is 11.7 Å². The van der Waals surface area contributed by atoms with Gasteiger partial charge in [0.05, 0.1) is 5.69 Å². The molecule has 0 atom stereocenters. The van der Waals surface area contributed by atoms with E-state index in [2.05, 4.69) is 20.2 Å². The van der Waals surface area contributed by atoms with Crippen molar-refractivity contribution in [2.24, 2.45) is 0 Å². The van der Waals surface area contributed by atoms with Gasteiger partial charge in [0, 0.05) is 29.9 Å². The number of hydrogen-bond donors (Lipinski definition) is 1. The molecule has 1 aliphatic rings. The van der Waals surface area contributed by atoms with Crippen molar-refractivity contribution in [3.05, 3.63) is 40.8 Å². The zero-order valence-corrected chi connectivity index (χ0v) is 15.9. The van der Waals surface area contributed by atoms with Gasteiger partial charge in [0.15, 0.2) is 6.61 Å². The van der Waals surface area contributed by atoms with Crippen LogP contribution < -0.4 is 15.0 Å². The highest BCUT2D eigenvalue weighted by Crippen LogP contribution is 2.20. The number of halogens is 2. The average molecular weight is 393 g/mol. The SMILES string of the molecule is Cc1cc(OCC(=O)Nc2ccc(Cl)cc2F)nc(N2CCCCCC2)n1. The standard InChI is InChI=1S/C19H22ClFN4O2/c1-13-10-18(24-19(22-13)25-8-4-2-3-5-9-25)27-12-17(26)23-16-7-6-14(20)11-15(16)21/h6-7,10-11H,2-5,8-9,12H2,1H3,(H,23,26). The van der Waals surface area contributed by atoms with Crippen LogP contribution in [0.4, 0.5) is 16.0 Å². The van der Waals surface area contributed by atoms with Gasteiger partial charge in [0.2, 0.25) is 11.8 Å². The molecule has 8 heteroatoms. The number of benzene rings is 1. The minimum atomic E-state index is -0.600. The lowest BCUT2D eigenvalue weighted by Crippen LogP contribution is -2.26. The van der Waals surface area contributed by atoms with Gasteiger partial charge in [-0.25, -0.2) is 9.37 Å². The molecule has 0 aliphatic carbocycles. The Bertz CT molecular complexity index is 810. The fourth-order valence-corrected chi connectivity index (χ4v) is 3.09. The number of rotatable bonds is 5. The Hall–Kier alpha value is -2.41. The number of nitrogens with zero attached hydrogens (tertiary/aromatic N) is 3. The number of aromatic nitrogens is 2. The van der Waals surface area contributed by atoms with E-state index >= 15 is 0 Å². The monoisotopic (exact) mass is 392 g/mol. The molecule has 1 N–H and O–H groups in total. The van der Waals surface area contributed by atoms with Crippen molar-refractivity contribution in [1.29, 1.82) is 0 Å². The van der Waals surface area contributed by atoms with Gasteiger partial charge < -0.3 is 15.0 Å². The van der Waals surface area contributed by atoms with Crippen LogP contribution in [0.1, 0.15) is 31.4 Å². The van der Waals surface area contributed by atoms with E-state index in [9.17, 15) is 9.18 Å². The van der Waals surface area contributed by atoms with E-state index in [1.54, 1.807) is 6.07 Å². The highest BCUT2D eigenvalue weighted by molar-refractivity contribution is 6.30. The Labute approximate surface area is 162 Å². The largest absolute Gasteiger partial charge is 0.467 e. The molecule has 1 aromatic heterocycles. The van der Waals surface area contributed by atoms with Gasteiger partial charge in [-0.1, -0.05) is 24.4 Å². The first-order valence-electron chi connectivity index (χ1n) is 8.99. The first-order chi connectivity index (χ1) is 13.0. The molecule has 0 bridgehead atoms. The molecule has 0 saturated carbocycles. The molecule has 3 rings (SSSR count). The quantitative estimate of drug-likeness (QED) is 0.833. The van der Waals surface area contributed by atoms with E-state index in [-0.39, 0.29) is 17.3 Å². The average Bonchev–Trinajstić information content (AvgIpc) is 2.91. The van der Waals surface area contributed by atoms with Crippen molar-refractivity contribution in [3.8, 4) is 5.88 Å². The van der Waals surface area contributed by atoms with Gasteiger partial charge in [-0.3, -0.25) is 4.79 Å². The zero-order valence-electron chi connectivity index (χ0n) is 15.2. The summed E-state index contributed by atoms with van der Waals surface area (Å²) in [6.45, 7) is 3.41. The molecule has 144 valence electrons. The van der Waals surface area contributed by atoms with Crippen molar-refractivity contribution in [2.75, 3.05) is 29.9 Å². The first kappa shape index (κ1) is 19.4. The van der Waals surface area contributed by atoms with Crippen LogP contribution in [0.25, 0.3) is 0 Å². The molecule has 2 aromatic rings. The van der Waals surface area contributed by atoms with Crippen LogP contribution in [0.5, 0.6) is 5.88 Å². The molecular weight excluding hydrogens is 371 g/mol. The highest BCUT2D eigenvalue weighted by Gasteiger charge is 2.15. The van der Waals surface area contributed by atoms with Crippen molar-refractivity contribution >= 4 is 29.1 Å². The Morgan fingerprint density at radius 1 is 1.22 bits per heavy atom. The maximum atomic E-state index is 13.8. The maximum Gasteiger partial charge on any atom is 0.262 e. The van der Waals surface area contributed by atoms with Gasteiger partial charge in [-0.15, -0.1) is 0 Å². The maximum absolute atomic E-state index is 13.8. The summed E-state index contributed by atoms with van der Waals surface area (Å²) in [5, 5.41) is 2.72. The lowest BCUT2D eigenvalue weighted by atomic mass is 10.2. The molecule has 1 aromatic carbocycles. The minimum Gasteiger partial charge on any atom is -0.467 e. The summed E-state index contributed by atoms with van der Waals surface area (Å²) < 4.78 is 19.3. The number of carbonyl (C=O) groups is 1. The van der Waals surface area contributed by atoms with Crippen molar-refractivity contribution in [2.45, 2.75) is 32.6 Å². The van der Waals surface area contributed by atoms with Crippen molar-refractivity contribution in [1.82, 2.24) is 9.97 Å².